The summed E-state index contributed by atoms with van der Waals surface area (Å²) in [5.41, 5.74) is 1.01. The average molecular weight is 277 g/mol. The van der Waals surface area contributed by atoms with Gasteiger partial charge in [-0.05, 0) is 36.5 Å². The molecule has 0 N–H and O–H groups in total. The van der Waals surface area contributed by atoms with Crippen LogP contribution in [0.1, 0.15) is 12.0 Å². The van der Waals surface area contributed by atoms with E-state index in [4.69, 9.17) is 27.9 Å². The maximum atomic E-state index is 6.15. The van der Waals surface area contributed by atoms with Crippen molar-refractivity contribution in [3.05, 3.63) is 33.8 Å². The Labute approximate surface area is 111 Å². The molecular weight excluding hydrogens is 263 g/mol. The largest absolute Gasteiger partial charge is 0.381 e. The summed E-state index contributed by atoms with van der Waals surface area (Å²) in [5, 5.41) is 1.85. The van der Waals surface area contributed by atoms with E-state index in [9.17, 15) is 0 Å². The van der Waals surface area contributed by atoms with E-state index in [1.807, 2.05) is 18.2 Å². The number of hydrogen-bond acceptors (Lipinski definition) is 2. The van der Waals surface area contributed by atoms with E-state index in [0.29, 0.717) is 11.2 Å². The molecular formula is C12H14Cl2OS. The zero-order chi connectivity index (χ0) is 11.5. The van der Waals surface area contributed by atoms with E-state index in [2.05, 4.69) is 12.6 Å². The molecule has 1 aromatic carbocycles. The van der Waals surface area contributed by atoms with E-state index in [-0.39, 0.29) is 0 Å². The number of rotatable bonds is 2. The fourth-order valence-electron chi connectivity index (χ4n) is 1.97. The number of benzene rings is 1. The van der Waals surface area contributed by atoms with Crippen LogP contribution in [0, 0.1) is 5.92 Å². The van der Waals surface area contributed by atoms with Gasteiger partial charge in [0.15, 0.2) is 0 Å². The van der Waals surface area contributed by atoms with Crippen LogP contribution in [0.15, 0.2) is 18.2 Å². The van der Waals surface area contributed by atoms with Crippen LogP contribution in [0.3, 0.4) is 0 Å². The molecule has 0 aliphatic carbocycles. The van der Waals surface area contributed by atoms with Gasteiger partial charge in [-0.2, -0.15) is 12.6 Å². The Morgan fingerprint density at radius 1 is 1.31 bits per heavy atom. The maximum absolute atomic E-state index is 6.15. The second-order valence-electron chi connectivity index (χ2n) is 4.10. The van der Waals surface area contributed by atoms with Gasteiger partial charge in [-0.1, -0.05) is 29.3 Å². The molecule has 1 fully saturated rings. The van der Waals surface area contributed by atoms with Gasteiger partial charge in [0.05, 0.1) is 6.61 Å². The molecule has 16 heavy (non-hydrogen) atoms. The molecule has 1 saturated heterocycles. The van der Waals surface area contributed by atoms with Gasteiger partial charge in [-0.3, -0.25) is 0 Å². The molecule has 1 aliphatic rings. The smallest absolute Gasteiger partial charge is 0.0507 e. The molecule has 1 nitrogen and oxygen atoms in total. The monoisotopic (exact) mass is 276 g/mol. The van der Waals surface area contributed by atoms with Crippen LogP contribution >= 0.6 is 35.8 Å². The van der Waals surface area contributed by atoms with Crippen molar-refractivity contribution in [3.63, 3.8) is 0 Å². The van der Waals surface area contributed by atoms with Crippen molar-refractivity contribution < 1.29 is 4.74 Å². The molecule has 0 amide bonds. The first-order chi connectivity index (χ1) is 7.68. The van der Waals surface area contributed by atoms with Crippen LogP contribution in [0.4, 0.5) is 0 Å². The van der Waals surface area contributed by atoms with Gasteiger partial charge >= 0.3 is 0 Å². The fraction of sp³-hybridized carbons (Fsp3) is 0.500. The van der Waals surface area contributed by atoms with Crippen LogP contribution in [-0.4, -0.2) is 18.5 Å². The molecule has 1 aromatic rings. The maximum Gasteiger partial charge on any atom is 0.0507 e. The lowest BCUT2D eigenvalue weighted by molar-refractivity contribution is 0.0597. The number of halogens is 2. The third-order valence-corrected chi connectivity index (χ3v) is 4.35. The normalized spacial score (nSPS) is 25.7. The quantitative estimate of drug-likeness (QED) is 0.807. The van der Waals surface area contributed by atoms with Crippen LogP contribution in [-0.2, 0) is 11.2 Å². The number of hydrogen-bond donors (Lipinski definition) is 1. The van der Waals surface area contributed by atoms with Gasteiger partial charge in [0.2, 0.25) is 0 Å². The molecule has 0 spiro atoms. The van der Waals surface area contributed by atoms with Crippen molar-refractivity contribution in [2.45, 2.75) is 18.1 Å². The van der Waals surface area contributed by atoms with Crippen molar-refractivity contribution in [3.8, 4) is 0 Å². The summed E-state index contributed by atoms with van der Waals surface area (Å²) in [6, 6.07) is 5.61. The van der Waals surface area contributed by atoms with Crippen LogP contribution < -0.4 is 0 Å². The third kappa shape index (κ3) is 2.86. The molecule has 0 radical (unpaired) electrons. The van der Waals surface area contributed by atoms with Crippen LogP contribution in [0.5, 0.6) is 0 Å². The first-order valence-electron chi connectivity index (χ1n) is 5.37. The van der Waals surface area contributed by atoms with E-state index in [1.54, 1.807) is 0 Å². The molecule has 1 heterocycles. The Kier molecular flexibility index (Phi) is 4.42. The van der Waals surface area contributed by atoms with E-state index in [1.165, 1.54) is 0 Å². The van der Waals surface area contributed by atoms with E-state index in [0.717, 1.165) is 41.7 Å². The van der Waals surface area contributed by atoms with Crippen molar-refractivity contribution in [1.29, 1.82) is 0 Å². The lowest BCUT2D eigenvalue weighted by Gasteiger charge is -2.28. The second-order valence-corrected chi connectivity index (χ2v) is 5.57. The average Bonchev–Trinajstić information content (AvgIpc) is 2.26. The summed E-state index contributed by atoms with van der Waals surface area (Å²) in [5.74, 6) is 0.398. The predicted octanol–water partition coefficient (Wildman–Crippen LogP) is 3.87. The first kappa shape index (κ1) is 12.6. The highest BCUT2D eigenvalue weighted by molar-refractivity contribution is 7.81. The topological polar surface area (TPSA) is 9.23 Å². The Balaban J connectivity index is 2.13. The highest BCUT2D eigenvalue weighted by Gasteiger charge is 2.24. The SMILES string of the molecule is S[C@H]1CCOC[C@@H]1Cc1c(Cl)cccc1Cl. The van der Waals surface area contributed by atoms with Gasteiger partial charge in [-0.25, -0.2) is 0 Å². The zero-order valence-corrected chi connectivity index (χ0v) is 11.2. The summed E-state index contributed by atoms with van der Waals surface area (Å²) in [7, 11) is 0. The Hall–Kier alpha value is 0.110. The van der Waals surface area contributed by atoms with Crippen molar-refractivity contribution in [2.75, 3.05) is 13.2 Å². The fourth-order valence-corrected chi connectivity index (χ4v) is 2.82. The first-order valence-corrected chi connectivity index (χ1v) is 6.64. The van der Waals surface area contributed by atoms with Gasteiger partial charge < -0.3 is 4.74 Å². The predicted molar refractivity (Wildman–Crippen MR) is 71.9 cm³/mol. The third-order valence-electron chi connectivity index (χ3n) is 2.96. The van der Waals surface area contributed by atoms with Crippen LogP contribution in [0.2, 0.25) is 10.0 Å². The lowest BCUT2D eigenvalue weighted by Crippen LogP contribution is -2.29. The second kappa shape index (κ2) is 5.63. The molecule has 88 valence electrons. The number of thiol groups is 1. The summed E-state index contributed by atoms with van der Waals surface area (Å²) >= 11 is 16.9. The molecule has 0 bridgehead atoms. The van der Waals surface area contributed by atoms with Gasteiger partial charge in [-0.15, -0.1) is 0 Å². The minimum Gasteiger partial charge on any atom is -0.381 e. The molecule has 0 unspecified atom stereocenters. The van der Waals surface area contributed by atoms with E-state index < -0.39 is 0 Å². The van der Waals surface area contributed by atoms with Crippen molar-refractivity contribution >= 4 is 35.8 Å². The zero-order valence-electron chi connectivity index (χ0n) is 8.83. The number of ether oxygens (including phenoxy) is 1. The minimum atomic E-state index is 0.376. The Morgan fingerprint density at radius 2 is 2.00 bits per heavy atom. The minimum absolute atomic E-state index is 0.376. The summed E-state index contributed by atoms with van der Waals surface area (Å²) in [6.45, 7) is 1.55. The van der Waals surface area contributed by atoms with Crippen molar-refractivity contribution in [2.24, 2.45) is 5.92 Å². The standard InChI is InChI=1S/C12H14Cl2OS/c13-10-2-1-3-11(14)9(10)6-8-7-15-5-4-12(8)16/h1-3,8,12,16H,4-7H2/t8-,12-/m0/s1. The summed E-state index contributed by atoms with van der Waals surface area (Å²) in [6.07, 6.45) is 1.84. The van der Waals surface area contributed by atoms with Crippen LogP contribution in [0.25, 0.3) is 0 Å². The Morgan fingerprint density at radius 3 is 2.62 bits per heavy atom. The Bertz CT molecular complexity index is 350. The molecule has 0 aromatic heterocycles. The highest BCUT2D eigenvalue weighted by Crippen LogP contribution is 2.31. The highest BCUT2D eigenvalue weighted by atomic mass is 35.5. The molecule has 1 aliphatic heterocycles. The van der Waals surface area contributed by atoms with Gasteiger partial charge in [0.1, 0.15) is 0 Å². The molecule has 2 rings (SSSR count). The van der Waals surface area contributed by atoms with Crippen molar-refractivity contribution in [1.82, 2.24) is 0 Å². The molecule has 0 saturated carbocycles. The summed E-state index contributed by atoms with van der Waals surface area (Å²) in [4.78, 5) is 0. The van der Waals surface area contributed by atoms with Gasteiger partial charge in [0.25, 0.3) is 0 Å². The summed E-state index contributed by atoms with van der Waals surface area (Å²) < 4.78 is 5.47. The van der Waals surface area contributed by atoms with Gasteiger partial charge in [0, 0.05) is 21.9 Å². The van der Waals surface area contributed by atoms with E-state index >= 15 is 0 Å². The molecule has 4 heteroatoms. The lowest BCUT2D eigenvalue weighted by atomic mass is 9.93. The molecule has 2 atom stereocenters.